The van der Waals surface area contributed by atoms with Gasteiger partial charge < -0.3 is 14.5 Å². The van der Waals surface area contributed by atoms with Gasteiger partial charge in [-0.1, -0.05) is 30.1 Å². The van der Waals surface area contributed by atoms with Crippen molar-refractivity contribution in [2.45, 2.75) is 19.4 Å². The third kappa shape index (κ3) is 6.48. The topological polar surface area (TPSA) is 44.7 Å². The summed E-state index contributed by atoms with van der Waals surface area (Å²) in [6, 6.07) is 13.6. The third-order valence-corrected chi connectivity index (χ3v) is 7.34. The van der Waals surface area contributed by atoms with E-state index < -0.39 is 0 Å². The fraction of sp³-hybridized carbons (Fsp3) is 0.393. The predicted molar refractivity (Wildman–Crippen MR) is 147 cm³/mol. The van der Waals surface area contributed by atoms with Crippen LogP contribution in [-0.2, 0) is 6.54 Å². The summed E-state index contributed by atoms with van der Waals surface area (Å²) in [6.45, 7) is 11.2. The molecule has 6 nitrogen and oxygen atoms in total. The molecule has 0 bridgehead atoms. The summed E-state index contributed by atoms with van der Waals surface area (Å²) in [6.07, 6.45) is 4.02. The van der Waals surface area contributed by atoms with E-state index in [9.17, 15) is 0 Å². The average molecular weight is 526 g/mol. The van der Waals surface area contributed by atoms with E-state index in [4.69, 9.17) is 32.9 Å². The molecule has 0 spiro atoms. The molecule has 36 heavy (non-hydrogen) atoms. The first kappa shape index (κ1) is 25.3. The average Bonchev–Trinajstić information content (AvgIpc) is 2.86. The Morgan fingerprint density at radius 3 is 2.33 bits per heavy atom. The second kappa shape index (κ2) is 11.3. The molecule has 0 amide bonds. The van der Waals surface area contributed by atoms with Crippen LogP contribution in [0.3, 0.4) is 0 Å². The van der Waals surface area contributed by atoms with Crippen molar-refractivity contribution < 1.29 is 4.74 Å². The molecule has 0 N–H and O–H groups in total. The van der Waals surface area contributed by atoms with E-state index in [0.29, 0.717) is 27.6 Å². The zero-order chi connectivity index (χ0) is 25.1. The van der Waals surface area contributed by atoms with E-state index in [2.05, 4.69) is 39.7 Å². The van der Waals surface area contributed by atoms with E-state index >= 15 is 0 Å². The summed E-state index contributed by atoms with van der Waals surface area (Å²) >= 11 is 12.6. The van der Waals surface area contributed by atoms with Crippen molar-refractivity contribution in [1.29, 1.82) is 0 Å². The maximum Gasteiger partial charge on any atom is 0.220 e. The number of piperazine rings is 1. The van der Waals surface area contributed by atoms with Gasteiger partial charge in [-0.2, -0.15) is 0 Å². The number of rotatable bonds is 6. The standard InChI is InChI=1S/C28H32Cl2N5O/c1-20-5-7-34(8-6-20)19-21-13-26(22-15-23(29)17-24(30)16-22)32-28(14-21)36-25-3-4-27(31-18-25)35-11-9-33(2)10-12-35/h3-4,13-18,20H,1,5-12,19H2,2H3. The van der Waals surface area contributed by atoms with Gasteiger partial charge in [-0.3, -0.25) is 4.90 Å². The summed E-state index contributed by atoms with van der Waals surface area (Å²) < 4.78 is 6.21. The Morgan fingerprint density at radius 2 is 1.67 bits per heavy atom. The normalized spacial score (nSPS) is 17.9. The van der Waals surface area contributed by atoms with Crippen LogP contribution in [0.15, 0.2) is 48.7 Å². The summed E-state index contributed by atoms with van der Waals surface area (Å²) in [7, 11) is 2.15. The Kier molecular flexibility index (Phi) is 7.96. The van der Waals surface area contributed by atoms with Gasteiger partial charge in [0.2, 0.25) is 5.88 Å². The van der Waals surface area contributed by atoms with Gasteiger partial charge in [0.25, 0.3) is 0 Å². The van der Waals surface area contributed by atoms with Crippen LogP contribution in [0.5, 0.6) is 11.6 Å². The second-order valence-electron chi connectivity index (χ2n) is 9.82. The van der Waals surface area contributed by atoms with Gasteiger partial charge in [0.1, 0.15) is 11.6 Å². The molecular formula is C28H32Cl2N5O. The van der Waals surface area contributed by atoms with Crippen LogP contribution in [0.1, 0.15) is 18.4 Å². The molecule has 0 atom stereocenters. The first-order valence-electron chi connectivity index (χ1n) is 12.5. The molecule has 5 rings (SSSR count). The van der Waals surface area contributed by atoms with Crippen LogP contribution in [0, 0.1) is 12.8 Å². The largest absolute Gasteiger partial charge is 0.437 e. The number of hydrogen-bond donors (Lipinski definition) is 0. The predicted octanol–water partition coefficient (Wildman–Crippen LogP) is 6.04. The molecular weight excluding hydrogens is 493 g/mol. The van der Waals surface area contributed by atoms with Crippen molar-refractivity contribution in [3.8, 4) is 22.9 Å². The summed E-state index contributed by atoms with van der Waals surface area (Å²) in [5.74, 6) is 2.70. The lowest BCUT2D eigenvalue weighted by atomic mass is 9.99. The zero-order valence-electron chi connectivity index (χ0n) is 20.7. The second-order valence-corrected chi connectivity index (χ2v) is 10.7. The molecule has 2 aliphatic rings. The van der Waals surface area contributed by atoms with Gasteiger partial charge in [-0.05, 0) is 80.9 Å². The number of benzene rings is 1. The van der Waals surface area contributed by atoms with Crippen molar-refractivity contribution in [2.75, 3.05) is 51.2 Å². The lowest BCUT2D eigenvalue weighted by Gasteiger charge is -2.33. The molecule has 3 aromatic rings. The summed E-state index contributed by atoms with van der Waals surface area (Å²) in [4.78, 5) is 16.5. The highest BCUT2D eigenvalue weighted by molar-refractivity contribution is 6.35. The minimum Gasteiger partial charge on any atom is -0.437 e. The van der Waals surface area contributed by atoms with E-state index in [1.165, 1.54) is 0 Å². The van der Waals surface area contributed by atoms with Crippen LogP contribution in [0.25, 0.3) is 11.3 Å². The minimum absolute atomic E-state index is 0.528. The molecule has 2 aliphatic heterocycles. The monoisotopic (exact) mass is 524 g/mol. The van der Waals surface area contributed by atoms with Crippen LogP contribution >= 0.6 is 23.2 Å². The summed E-state index contributed by atoms with van der Waals surface area (Å²) in [5.41, 5.74) is 2.77. The lowest BCUT2D eigenvalue weighted by molar-refractivity contribution is 0.194. The van der Waals surface area contributed by atoms with E-state index in [-0.39, 0.29) is 0 Å². The summed E-state index contributed by atoms with van der Waals surface area (Å²) in [5, 5.41) is 1.15. The van der Waals surface area contributed by atoms with E-state index in [0.717, 1.165) is 81.3 Å². The van der Waals surface area contributed by atoms with Crippen LogP contribution in [0.4, 0.5) is 5.82 Å². The number of pyridine rings is 2. The third-order valence-electron chi connectivity index (χ3n) is 6.90. The highest BCUT2D eigenvalue weighted by atomic mass is 35.5. The Bertz CT molecular complexity index is 1150. The van der Waals surface area contributed by atoms with Gasteiger partial charge in [0.05, 0.1) is 11.9 Å². The fourth-order valence-electron chi connectivity index (χ4n) is 4.73. The smallest absolute Gasteiger partial charge is 0.220 e. The zero-order valence-corrected chi connectivity index (χ0v) is 22.2. The molecule has 4 heterocycles. The van der Waals surface area contributed by atoms with Gasteiger partial charge in [0, 0.05) is 54.4 Å². The molecule has 2 fully saturated rings. The number of hydrogen-bond acceptors (Lipinski definition) is 6. The molecule has 1 aromatic carbocycles. The quantitative estimate of drug-likeness (QED) is 0.391. The first-order valence-corrected chi connectivity index (χ1v) is 13.3. The molecule has 189 valence electrons. The van der Waals surface area contributed by atoms with Gasteiger partial charge >= 0.3 is 0 Å². The van der Waals surface area contributed by atoms with Crippen LogP contribution in [-0.4, -0.2) is 66.1 Å². The van der Waals surface area contributed by atoms with Crippen molar-refractivity contribution >= 4 is 29.0 Å². The van der Waals surface area contributed by atoms with Gasteiger partial charge in [0.15, 0.2) is 0 Å². The van der Waals surface area contributed by atoms with Crippen molar-refractivity contribution in [3.05, 3.63) is 71.2 Å². The molecule has 2 saturated heterocycles. The molecule has 0 saturated carbocycles. The number of halogens is 2. The maximum absolute atomic E-state index is 6.29. The van der Waals surface area contributed by atoms with Crippen molar-refractivity contribution in [1.82, 2.24) is 19.8 Å². The number of nitrogens with zero attached hydrogens (tertiary/aromatic N) is 5. The lowest BCUT2D eigenvalue weighted by Crippen LogP contribution is -2.44. The van der Waals surface area contributed by atoms with Crippen molar-refractivity contribution in [3.63, 3.8) is 0 Å². The molecule has 8 heteroatoms. The molecule has 0 aliphatic carbocycles. The number of ether oxygens (including phenoxy) is 1. The van der Waals surface area contributed by atoms with Crippen LogP contribution in [0.2, 0.25) is 10.0 Å². The number of piperidine rings is 1. The highest BCUT2D eigenvalue weighted by Crippen LogP contribution is 2.31. The van der Waals surface area contributed by atoms with Gasteiger partial charge in [-0.25, -0.2) is 9.97 Å². The van der Waals surface area contributed by atoms with E-state index in [1.807, 2.05) is 30.3 Å². The Morgan fingerprint density at radius 1 is 0.944 bits per heavy atom. The number of anilines is 1. The van der Waals surface area contributed by atoms with Crippen molar-refractivity contribution in [2.24, 2.45) is 5.92 Å². The SMILES string of the molecule is [CH2]C1CCN(Cc2cc(Oc3ccc(N4CCN(C)CC4)nc3)nc(-c3cc(Cl)cc(Cl)c3)c2)CC1. The maximum atomic E-state index is 6.29. The van der Waals surface area contributed by atoms with Crippen LogP contribution < -0.4 is 9.64 Å². The Hall–Kier alpha value is -2.38. The molecule has 1 radical (unpaired) electrons. The fourth-order valence-corrected chi connectivity index (χ4v) is 5.26. The number of likely N-dealkylation sites (tertiary alicyclic amines) is 1. The van der Waals surface area contributed by atoms with Gasteiger partial charge in [-0.15, -0.1) is 0 Å². The molecule has 0 unspecified atom stereocenters. The highest BCUT2D eigenvalue weighted by Gasteiger charge is 2.18. The minimum atomic E-state index is 0.528. The Labute approximate surface area is 223 Å². The Balaban J connectivity index is 1.38. The van der Waals surface area contributed by atoms with E-state index in [1.54, 1.807) is 12.3 Å². The molecule has 2 aromatic heterocycles. The number of likely N-dealkylation sites (N-methyl/N-ethyl adjacent to an activating group) is 1. The first-order chi connectivity index (χ1) is 17.4. The number of aromatic nitrogens is 2.